The fraction of sp³-hybridized carbons (Fsp3) is 0.417. The van der Waals surface area contributed by atoms with E-state index in [1.807, 2.05) is 13.0 Å². The lowest BCUT2D eigenvalue weighted by atomic mass is 10.1. The minimum Gasteiger partial charge on any atom is -0.478 e. The normalized spacial score (nSPS) is 12.1. The predicted molar refractivity (Wildman–Crippen MR) is 70.2 cm³/mol. The summed E-state index contributed by atoms with van der Waals surface area (Å²) in [5.74, 6) is -0.309. The van der Waals surface area contributed by atoms with Gasteiger partial charge in [0.2, 0.25) is 0 Å². The highest BCUT2D eigenvalue weighted by atomic mass is 32.2. The first-order chi connectivity index (χ1) is 8.02. The number of carbonyl (C=O) groups is 1. The summed E-state index contributed by atoms with van der Waals surface area (Å²) in [4.78, 5) is 11.0. The molecule has 0 aromatic heterocycles. The van der Waals surface area contributed by atoms with Crippen LogP contribution in [0.25, 0.3) is 0 Å². The second-order valence-corrected chi connectivity index (χ2v) is 5.41. The maximum atomic E-state index is 11.0. The van der Waals surface area contributed by atoms with Crippen LogP contribution in [0.1, 0.15) is 22.3 Å². The Morgan fingerprint density at radius 2 is 2.18 bits per heavy atom. The lowest BCUT2D eigenvalue weighted by Crippen LogP contribution is -2.11. The summed E-state index contributed by atoms with van der Waals surface area (Å²) >= 11 is 0. The van der Waals surface area contributed by atoms with Gasteiger partial charge in [-0.15, -0.1) is 0 Å². The Bertz CT molecular complexity index is 432. The van der Waals surface area contributed by atoms with Gasteiger partial charge in [0.05, 0.1) is 11.3 Å². The van der Waals surface area contributed by atoms with Crippen molar-refractivity contribution in [1.29, 1.82) is 0 Å². The van der Waals surface area contributed by atoms with E-state index in [-0.39, 0.29) is 5.56 Å². The van der Waals surface area contributed by atoms with Gasteiger partial charge in [0.25, 0.3) is 0 Å². The third kappa shape index (κ3) is 4.19. The summed E-state index contributed by atoms with van der Waals surface area (Å²) in [7, 11) is -0.799. The van der Waals surface area contributed by atoms with Crippen LogP contribution in [-0.4, -0.2) is 33.8 Å². The van der Waals surface area contributed by atoms with Crippen LogP contribution >= 0.6 is 0 Å². The molecule has 0 radical (unpaired) electrons. The first kappa shape index (κ1) is 13.7. The molecule has 1 unspecified atom stereocenters. The van der Waals surface area contributed by atoms with Crippen molar-refractivity contribution in [2.45, 2.75) is 13.3 Å². The molecule has 4 nitrogen and oxygen atoms in total. The monoisotopic (exact) mass is 255 g/mol. The molecule has 0 heterocycles. The molecule has 0 saturated heterocycles. The largest absolute Gasteiger partial charge is 0.478 e. The molecule has 0 aliphatic rings. The van der Waals surface area contributed by atoms with E-state index in [1.54, 1.807) is 18.4 Å². The summed E-state index contributed by atoms with van der Waals surface area (Å²) in [6.45, 7) is 2.50. The molecule has 1 aromatic carbocycles. The van der Waals surface area contributed by atoms with Crippen molar-refractivity contribution in [3.05, 3.63) is 29.3 Å². The average Bonchev–Trinajstić information content (AvgIpc) is 2.25. The topological polar surface area (TPSA) is 66.4 Å². The molecule has 0 saturated carbocycles. The van der Waals surface area contributed by atoms with Crippen molar-refractivity contribution >= 4 is 22.5 Å². The Balaban J connectivity index is 2.69. The second-order valence-electron chi connectivity index (χ2n) is 3.86. The van der Waals surface area contributed by atoms with Gasteiger partial charge in [0, 0.05) is 29.4 Å². The highest BCUT2D eigenvalue weighted by Gasteiger charge is 2.10. The molecule has 0 spiro atoms. The number of nitrogens with one attached hydrogen (secondary N) is 1. The Kier molecular flexibility index (Phi) is 5.15. The van der Waals surface area contributed by atoms with Crippen LogP contribution < -0.4 is 5.32 Å². The summed E-state index contributed by atoms with van der Waals surface area (Å²) < 4.78 is 10.9. The van der Waals surface area contributed by atoms with E-state index in [1.165, 1.54) is 0 Å². The molecule has 17 heavy (non-hydrogen) atoms. The third-order valence-electron chi connectivity index (χ3n) is 2.41. The summed E-state index contributed by atoms with van der Waals surface area (Å²) in [6, 6.07) is 5.17. The zero-order chi connectivity index (χ0) is 12.8. The standard InChI is InChI=1S/C12H17NO3S/c1-9-5-3-6-10(12(14)15)11(9)13-7-4-8-17(2)16/h3,5-6,13H,4,7-8H2,1-2H3,(H,14,15). The summed E-state index contributed by atoms with van der Waals surface area (Å²) in [5.41, 5.74) is 1.84. The van der Waals surface area contributed by atoms with Gasteiger partial charge in [-0.05, 0) is 25.0 Å². The predicted octanol–water partition coefficient (Wildman–Crippen LogP) is 1.87. The highest BCUT2D eigenvalue weighted by Crippen LogP contribution is 2.20. The fourth-order valence-corrected chi connectivity index (χ4v) is 2.12. The maximum absolute atomic E-state index is 11.0. The number of benzene rings is 1. The molecule has 5 heteroatoms. The number of aryl methyl sites for hydroxylation is 1. The third-order valence-corrected chi connectivity index (χ3v) is 3.28. The van der Waals surface area contributed by atoms with Gasteiger partial charge < -0.3 is 10.4 Å². The van der Waals surface area contributed by atoms with Crippen LogP contribution in [0.2, 0.25) is 0 Å². The number of hydrogen-bond acceptors (Lipinski definition) is 3. The minimum absolute atomic E-state index is 0.280. The lowest BCUT2D eigenvalue weighted by Gasteiger charge is -2.12. The van der Waals surface area contributed by atoms with E-state index in [2.05, 4.69) is 5.32 Å². The van der Waals surface area contributed by atoms with Crippen molar-refractivity contribution in [2.75, 3.05) is 23.9 Å². The van der Waals surface area contributed by atoms with Crippen LogP contribution in [0.3, 0.4) is 0 Å². The number of rotatable bonds is 6. The molecule has 1 atom stereocenters. The van der Waals surface area contributed by atoms with E-state index in [4.69, 9.17) is 5.11 Å². The Morgan fingerprint density at radius 1 is 1.47 bits per heavy atom. The van der Waals surface area contributed by atoms with Crippen molar-refractivity contribution in [2.24, 2.45) is 0 Å². The van der Waals surface area contributed by atoms with E-state index in [9.17, 15) is 9.00 Å². The van der Waals surface area contributed by atoms with Gasteiger partial charge in [-0.3, -0.25) is 4.21 Å². The van der Waals surface area contributed by atoms with Gasteiger partial charge in [-0.2, -0.15) is 0 Å². The van der Waals surface area contributed by atoms with Gasteiger partial charge in [-0.1, -0.05) is 12.1 Å². The first-order valence-corrected chi connectivity index (χ1v) is 7.12. The zero-order valence-corrected chi connectivity index (χ0v) is 10.8. The van der Waals surface area contributed by atoms with Crippen molar-refractivity contribution in [3.8, 4) is 0 Å². The summed E-state index contributed by atoms with van der Waals surface area (Å²) in [6.07, 6.45) is 2.42. The number of hydrogen-bond donors (Lipinski definition) is 2. The molecule has 2 N–H and O–H groups in total. The molecule has 1 rings (SSSR count). The van der Waals surface area contributed by atoms with Gasteiger partial charge in [-0.25, -0.2) is 4.79 Å². The quantitative estimate of drug-likeness (QED) is 0.762. The molecule has 0 aliphatic heterocycles. The number of anilines is 1. The zero-order valence-electron chi connectivity index (χ0n) is 10.0. The minimum atomic E-state index is -0.935. The molecule has 0 bridgehead atoms. The van der Waals surface area contributed by atoms with Crippen molar-refractivity contribution in [3.63, 3.8) is 0 Å². The van der Waals surface area contributed by atoms with E-state index < -0.39 is 16.8 Å². The number of carboxylic acid groups (broad SMARTS) is 1. The average molecular weight is 255 g/mol. The second kappa shape index (κ2) is 6.39. The Labute approximate surface area is 104 Å². The maximum Gasteiger partial charge on any atom is 0.337 e. The lowest BCUT2D eigenvalue weighted by molar-refractivity contribution is 0.0698. The first-order valence-electron chi connectivity index (χ1n) is 5.39. The fourth-order valence-electron chi connectivity index (χ4n) is 1.57. The highest BCUT2D eigenvalue weighted by molar-refractivity contribution is 7.84. The SMILES string of the molecule is Cc1cccc(C(=O)O)c1NCCCS(C)=O. The van der Waals surface area contributed by atoms with Gasteiger partial charge in [0.15, 0.2) is 0 Å². The van der Waals surface area contributed by atoms with E-state index in [0.717, 1.165) is 12.0 Å². The molecule has 0 fully saturated rings. The smallest absolute Gasteiger partial charge is 0.337 e. The molecule has 0 amide bonds. The Hall–Kier alpha value is -1.36. The van der Waals surface area contributed by atoms with E-state index >= 15 is 0 Å². The van der Waals surface area contributed by atoms with Crippen LogP contribution in [0, 0.1) is 6.92 Å². The molecule has 0 aliphatic carbocycles. The van der Waals surface area contributed by atoms with Crippen LogP contribution in [-0.2, 0) is 10.8 Å². The molecule has 1 aromatic rings. The van der Waals surface area contributed by atoms with Crippen molar-refractivity contribution < 1.29 is 14.1 Å². The van der Waals surface area contributed by atoms with Crippen LogP contribution in [0.5, 0.6) is 0 Å². The molecular weight excluding hydrogens is 238 g/mol. The summed E-state index contributed by atoms with van der Waals surface area (Å²) in [5, 5.41) is 12.1. The number of aromatic carboxylic acids is 1. The van der Waals surface area contributed by atoms with E-state index in [0.29, 0.717) is 18.0 Å². The van der Waals surface area contributed by atoms with Crippen LogP contribution in [0.15, 0.2) is 18.2 Å². The number of para-hydroxylation sites is 1. The van der Waals surface area contributed by atoms with Crippen LogP contribution in [0.4, 0.5) is 5.69 Å². The molecular formula is C12H17NO3S. The van der Waals surface area contributed by atoms with Gasteiger partial charge >= 0.3 is 5.97 Å². The van der Waals surface area contributed by atoms with Gasteiger partial charge in [0.1, 0.15) is 0 Å². The number of carboxylic acids is 1. The molecule has 94 valence electrons. The Morgan fingerprint density at radius 3 is 2.76 bits per heavy atom. The van der Waals surface area contributed by atoms with Crippen molar-refractivity contribution in [1.82, 2.24) is 0 Å².